The van der Waals surface area contributed by atoms with Crippen LogP contribution in [0.1, 0.15) is 56.0 Å². The van der Waals surface area contributed by atoms with Gasteiger partial charge in [-0.15, -0.1) is 0 Å². The number of halogens is 2. The van der Waals surface area contributed by atoms with Crippen molar-refractivity contribution in [3.63, 3.8) is 0 Å². The van der Waals surface area contributed by atoms with Crippen molar-refractivity contribution >= 4 is 18.0 Å². The van der Waals surface area contributed by atoms with Crippen LogP contribution in [0.4, 0.5) is 8.78 Å². The molecule has 0 saturated carbocycles. The number of aryl methyl sites for hydroxylation is 1. The monoisotopic (exact) mass is 548 g/mol. The predicted octanol–water partition coefficient (Wildman–Crippen LogP) is 3.18. The molecule has 2 rings (SSSR count). The molecule has 0 spiro atoms. The largest absolute Gasteiger partial charge is 0.465 e. The number of hydrogen-bond donors (Lipinski definition) is 2. The molecular weight excluding hydrogens is 506 g/mol. The highest BCUT2D eigenvalue weighted by Gasteiger charge is 2.42. The number of piperidine rings is 1. The normalized spacial score (nSPS) is 18.6. The molecule has 1 unspecified atom stereocenters. The Morgan fingerprint density at radius 3 is 2.62 bits per heavy atom. The number of esters is 1. The van der Waals surface area contributed by atoms with Crippen molar-refractivity contribution in [1.82, 2.24) is 19.8 Å². The summed E-state index contributed by atoms with van der Waals surface area (Å²) in [6, 6.07) is 3.50. The van der Waals surface area contributed by atoms with Gasteiger partial charge in [-0.3, -0.25) is 19.5 Å². The lowest BCUT2D eigenvalue weighted by atomic mass is 9.87. The number of ether oxygens (including phenoxy) is 1. The molecule has 0 aliphatic carbocycles. The zero-order valence-electron chi connectivity index (χ0n) is 23.6. The lowest BCUT2D eigenvalue weighted by Crippen LogP contribution is -2.48. The highest BCUT2D eigenvalue weighted by molar-refractivity contribution is 5.71. The average Bonchev–Trinajstić information content (AvgIpc) is 2.84. The van der Waals surface area contributed by atoms with Crippen LogP contribution < -0.4 is 11.6 Å². The molecule has 2 heterocycles. The van der Waals surface area contributed by atoms with E-state index in [1.807, 2.05) is 18.1 Å². The van der Waals surface area contributed by atoms with E-state index in [9.17, 15) is 18.4 Å². The summed E-state index contributed by atoms with van der Waals surface area (Å²) in [5.41, 5.74) is 10.3. The van der Waals surface area contributed by atoms with Crippen LogP contribution in [0.15, 0.2) is 41.8 Å². The van der Waals surface area contributed by atoms with Crippen molar-refractivity contribution in [2.45, 2.75) is 51.9 Å². The van der Waals surface area contributed by atoms with Gasteiger partial charge in [0.25, 0.3) is 5.92 Å². The molecule has 0 amide bonds. The summed E-state index contributed by atoms with van der Waals surface area (Å²) in [5, 5.41) is 1.43. The van der Waals surface area contributed by atoms with Gasteiger partial charge in [-0.25, -0.2) is 14.6 Å². The summed E-state index contributed by atoms with van der Waals surface area (Å²) in [5.74, 6) is 2.16. The third kappa shape index (κ3) is 9.74. The second-order valence-corrected chi connectivity index (χ2v) is 9.94. The number of likely N-dealkylation sites (N-methyl/N-ethyl adjacent to an activating group) is 2. The third-order valence-corrected chi connectivity index (χ3v) is 6.43. The molecule has 1 aliphatic heterocycles. The Kier molecular flexibility index (Phi) is 12.1. The number of allylic oxidation sites excluding steroid dienone is 3. The number of aldehydes is 1. The molecule has 216 valence electrons. The number of carbonyl (C=O) groups excluding carboxylic acids is 2. The standard InChI is InChI=1S/C28H42F2N6O3/c1-6-9-21(10-8-13-37)15-34(4)17-25(35(5)32)27(31)24-12-11-23(20(3)33-24)22-14-28(29,30)19-36(16-22)18-26(38)39-7-2/h8,10-13,15,22H,6-7,9,14,16-19,31-32H2,1-5H3/b10-8-,21-15-,27-25-. The maximum absolute atomic E-state index is 14.6. The quantitative estimate of drug-likeness (QED) is 0.0957. The van der Waals surface area contributed by atoms with E-state index in [0.717, 1.165) is 24.7 Å². The molecule has 0 bridgehead atoms. The fraction of sp³-hybridized carbons (Fsp3) is 0.536. The average molecular weight is 549 g/mol. The van der Waals surface area contributed by atoms with Gasteiger partial charge in [0.1, 0.15) is 6.29 Å². The summed E-state index contributed by atoms with van der Waals surface area (Å²) < 4.78 is 34.1. The van der Waals surface area contributed by atoms with Crippen LogP contribution >= 0.6 is 0 Å². The van der Waals surface area contributed by atoms with Gasteiger partial charge in [0.2, 0.25) is 0 Å². The number of pyridine rings is 1. The number of hydrogen-bond acceptors (Lipinski definition) is 9. The Morgan fingerprint density at radius 1 is 1.31 bits per heavy atom. The van der Waals surface area contributed by atoms with Gasteiger partial charge in [-0.2, -0.15) is 0 Å². The molecule has 4 N–H and O–H groups in total. The molecule has 1 aliphatic rings. The fourth-order valence-electron chi connectivity index (χ4n) is 4.81. The number of hydrazine groups is 1. The molecule has 1 fully saturated rings. The van der Waals surface area contributed by atoms with Gasteiger partial charge in [0.05, 0.1) is 43.3 Å². The maximum Gasteiger partial charge on any atom is 0.320 e. The number of carbonyl (C=O) groups is 2. The Balaban J connectivity index is 2.31. The Hall–Kier alpha value is -3.31. The van der Waals surface area contributed by atoms with Crippen LogP contribution in [0, 0.1) is 6.92 Å². The minimum atomic E-state index is -2.94. The van der Waals surface area contributed by atoms with Crippen LogP contribution in [0.25, 0.3) is 5.70 Å². The van der Waals surface area contributed by atoms with Crippen molar-refractivity contribution in [2.24, 2.45) is 11.6 Å². The van der Waals surface area contributed by atoms with Crippen LogP contribution in [0.2, 0.25) is 0 Å². The smallest absolute Gasteiger partial charge is 0.320 e. The molecule has 1 aromatic heterocycles. The number of nitrogens with two attached hydrogens (primary N) is 2. The first kappa shape index (κ1) is 31.9. The van der Waals surface area contributed by atoms with E-state index < -0.39 is 24.4 Å². The van der Waals surface area contributed by atoms with E-state index in [-0.39, 0.29) is 19.6 Å². The van der Waals surface area contributed by atoms with E-state index in [4.69, 9.17) is 16.3 Å². The van der Waals surface area contributed by atoms with Gasteiger partial charge in [0.15, 0.2) is 0 Å². The van der Waals surface area contributed by atoms with Crippen LogP contribution in [-0.2, 0) is 14.3 Å². The van der Waals surface area contributed by atoms with Gasteiger partial charge >= 0.3 is 5.97 Å². The lowest BCUT2D eigenvalue weighted by Gasteiger charge is -2.37. The van der Waals surface area contributed by atoms with Crippen molar-refractivity contribution in [3.05, 3.63) is 58.7 Å². The Labute approximate surface area is 230 Å². The molecule has 1 aromatic rings. The molecule has 1 atom stereocenters. The molecule has 11 heteroatoms. The number of alkyl halides is 2. The first-order valence-electron chi connectivity index (χ1n) is 13.1. The molecule has 0 radical (unpaired) electrons. The first-order valence-corrected chi connectivity index (χ1v) is 13.1. The summed E-state index contributed by atoms with van der Waals surface area (Å²) in [7, 11) is 3.57. The minimum absolute atomic E-state index is 0.181. The number of nitrogens with zero attached hydrogens (tertiary/aromatic N) is 4. The van der Waals surface area contributed by atoms with Crippen LogP contribution in [0.5, 0.6) is 0 Å². The number of aromatic nitrogens is 1. The summed E-state index contributed by atoms with van der Waals surface area (Å²) in [4.78, 5) is 30.7. The van der Waals surface area contributed by atoms with Gasteiger partial charge in [0, 0.05) is 44.9 Å². The van der Waals surface area contributed by atoms with Crippen LogP contribution in [-0.4, -0.2) is 84.9 Å². The van der Waals surface area contributed by atoms with E-state index in [2.05, 4.69) is 11.9 Å². The SMILES string of the molecule is CCCC(/C=C\C=O)=C/N(C)C/C(=C(/N)c1ccc(C2CN(CC(=O)OCC)CC(F)(F)C2)c(C)n1)N(C)N. The number of likely N-dealkylation sites (tertiary alicyclic amines) is 1. The number of rotatable bonds is 13. The van der Waals surface area contributed by atoms with E-state index >= 15 is 0 Å². The Bertz CT molecular complexity index is 1090. The topological polar surface area (TPSA) is 118 Å². The highest BCUT2D eigenvalue weighted by atomic mass is 19.3. The minimum Gasteiger partial charge on any atom is -0.465 e. The molecule has 39 heavy (non-hydrogen) atoms. The van der Waals surface area contributed by atoms with Crippen LogP contribution in [0.3, 0.4) is 0 Å². The van der Waals surface area contributed by atoms with E-state index in [1.165, 1.54) is 16.0 Å². The predicted molar refractivity (Wildman–Crippen MR) is 148 cm³/mol. The maximum atomic E-state index is 14.6. The van der Waals surface area contributed by atoms with Gasteiger partial charge in [-0.1, -0.05) is 25.5 Å². The zero-order chi connectivity index (χ0) is 29.2. The van der Waals surface area contributed by atoms with E-state index in [0.29, 0.717) is 41.4 Å². The van der Waals surface area contributed by atoms with Gasteiger partial charge < -0.3 is 20.4 Å². The molecule has 1 saturated heterocycles. The zero-order valence-corrected chi connectivity index (χ0v) is 23.6. The summed E-state index contributed by atoms with van der Waals surface area (Å²) in [6.07, 6.45) is 7.32. The van der Waals surface area contributed by atoms with E-state index in [1.54, 1.807) is 39.1 Å². The molecule has 9 nitrogen and oxygen atoms in total. The molecule has 0 aromatic carbocycles. The highest BCUT2D eigenvalue weighted by Crippen LogP contribution is 2.37. The Morgan fingerprint density at radius 2 is 2.03 bits per heavy atom. The second kappa shape index (κ2) is 14.7. The third-order valence-electron chi connectivity index (χ3n) is 6.43. The second-order valence-electron chi connectivity index (χ2n) is 9.94. The molecular formula is C28H42F2N6O3. The van der Waals surface area contributed by atoms with Crippen molar-refractivity contribution in [1.29, 1.82) is 0 Å². The first-order chi connectivity index (χ1) is 18.4. The van der Waals surface area contributed by atoms with Crippen molar-refractivity contribution in [3.8, 4) is 0 Å². The van der Waals surface area contributed by atoms with Crippen molar-refractivity contribution < 1.29 is 23.1 Å². The van der Waals surface area contributed by atoms with Gasteiger partial charge in [-0.05, 0) is 43.5 Å². The summed E-state index contributed by atoms with van der Waals surface area (Å²) >= 11 is 0. The lowest BCUT2D eigenvalue weighted by molar-refractivity contribution is -0.147. The van der Waals surface area contributed by atoms with Crippen molar-refractivity contribution in [2.75, 3.05) is 46.9 Å². The fourth-order valence-corrected chi connectivity index (χ4v) is 4.81. The summed E-state index contributed by atoms with van der Waals surface area (Å²) in [6.45, 7) is 5.72.